The quantitative estimate of drug-likeness (QED) is 0.575. The third kappa shape index (κ3) is 6.17. The number of ether oxygens (including phenoxy) is 2. The molecule has 0 radical (unpaired) electrons. The van der Waals surface area contributed by atoms with Crippen molar-refractivity contribution in [2.45, 2.75) is 24.3 Å². The molecule has 1 aliphatic rings. The van der Waals surface area contributed by atoms with Gasteiger partial charge in [-0.3, -0.25) is 9.69 Å². The molecule has 0 bridgehead atoms. The van der Waals surface area contributed by atoms with Crippen molar-refractivity contribution in [2.24, 2.45) is 0 Å². The lowest BCUT2D eigenvalue weighted by atomic mass is 10.1. The zero-order valence-electron chi connectivity index (χ0n) is 19.1. The number of benzene rings is 2. The molecule has 0 aromatic heterocycles. The minimum atomic E-state index is -3.78. The van der Waals surface area contributed by atoms with Crippen molar-refractivity contribution in [2.75, 3.05) is 46.9 Å². The van der Waals surface area contributed by atoms with Gasteiger partial charge in [-0.2, -0.15) is 0 Å². The molecule has 33 heavy (non-hydrogen) atoms. The van der Waals surface area contributed by atoms with Gasteiger partial charge in [0.1, 0.15) is 0 Å². The first-order valence-electron chi connectivity index (χ1n) is 10.7. The molecular formula is C23H30ClN3O5S. The molecule has 10 heteroatoms. The van der Waals surface area contributed by atoms with E-state index in [9.17, 15) is 13.2 Å². The second kappa shape index (κ2) is 11.2. The Morgan fingerprint density at radius 1 is 1.06 bits per heavy atom. The predicted molar refractivity (Wildman–Crippen MR) is 127 cm³/mol. The van der Waals surface area contributed by atoms with E-state index in [4.69, 9.17) is 21.1 Å². The van der Waals surface area contributed by atoms with E-state index >= 15 is 0 Å². The summed E-state index contributed by atoms with van der Waals surface area (Å²) in [5, 5.41) is 0.741. The van der Waals surface area contributed by atoms with Crippen molar-refractivity contribution in [3.63, 3.8) is 0 Å². The molecule has 1 amide bonds. The van der Waals surface area contributed by atoms with Crippen LogP contribution in [0.1, 0.15) is 24.9 Å². The molecule has 2 aromatic carbocycles. The van der Waals surface area contributed by atoms with Crippen molar-refractivity contribution in [3.8, 4) is 11.5 Å². The summed E-state index contributed by atoms with van der Waals surface area (Å²) in [4.78, 5) is 16.7. The highest BCUT2D eigenvalue weighted by molar-refractivity contribution is 7.89. The standard InChI is InChI=1S/C23H30ClN3O5S/c1-17(19-6-4-5-7-20(19)24)26-12-14-27(15-13-26)23(28)10-11-25-33(29,30)18-8-9-21(31-2)22(16-18)32-3/h4-9,16-17,25H,10-15H2,1-3H3. The molecule has 8 nitrogen and oxygen atoms in total. The third-order valence-corrected chi connectivity index (χ3v) is 7.67. The van der Waals surface area contributed by atoms with E-state index in [2.05, 4.69) is 16.5 Å². The van der Waals surface area contributed by atoms with Crippen LogP contribution in [-0.4, -0.2) is 71.1 Å². The number of sulfonamides is 1. The SMILES string of the molecule is COc1ccc(S(=O)(=O)NCCC(=O)N2CCN(C(C)c3ccccc3Cl)CC2)cc1OC. The smallest absolute Gasteiger partial charge is 0.240 e. The first-order valence-corrected chi connectivity index (χ1v) is 12.6. The molecular weight excluding hydrogens is 466 g/mol. The Labute approximate surface area is 200 Å². The molecule has 1 atom stereocenters. The number of nitrogens with zero attached hydrogens (tertiary/aromatic N) is 2. The number of hydrogen-bond donors (Lipinski definition) is 1. The summed E-state index contributed by atoms with van der Waals surface area (Å²) in [6, 6.07) is 12.3. The summed E-state index contributed by atoms with van der Waals surface area (Å²) >= 11 is 6.33. The summed E-state index contributed by atoms with van der Waals surface area (Å²) in [6.07, 6.45) is 0.0899. The van der Waals surface area contributed by atoms with Crippen LogP contribution in [0, 0.1) is 0 Å². The fourth-order valence-corrected chi connectivity index (χ4v) is 5.23. The summed E-state index contributed by atoms with van der Waals surface area (Å²) < 4.78 is 38.0. The normalized spacial score (nSPS) is 15.8. The third-order valence-electron chi connectivity index (χ3n) is 5.87. The van der Waals surface area contributed by atoms with Crippen molar-refractivity contribution >= 4 is 27.5 Å². The van der Waals surface area contributed by atoms with Gasteiger partial charge in [0.25, 0.3) is 0 Å². The molecule has 0 spiro atoms. The maximum Gasteiger partial charge on any atom is 0.240 e. The van der Waals surface area contributed by atoms with Gasteiger partial charge in [0.15, 0.2) is 11.5 Å². The highest BCUT2D eigenvalue weighted by Crippen LogP contribution is 2.29. The van der Waals surface area contributed by atoms with Crippen molar-refractivity contribution in [1.29, 1.82) is 0 Å². The van der Waals surface area contributed by atoms with Gasteiger partial charge >= 0.3 is 0 Å². The van der Waals surface area contributed by atoms with E-state index in [0.29, 0.717) is 24.6 Å². The number of carbonyl (C=O) groups is 1. The van der Waals surface area contributed by atoms with Gasteiger partial charge < -0.3 is 14.4 Å². The number of piperazine rings is 1. The van der Waals surface area contributed by atoms with Crippen LogP contribution < -0.4 is 14.2 Å². The number of nitrogens with one attached hydrogen (secondary N) is 1. The second-order valence-corrected chi connectivity index (χ2v) is 9.95. The van der Waals surface area contributed by atoms with Crippen molar-refractivity contribution < 1.29 is 22.7 Å². The fourth-order valence-electron chi connectivity index (χ4n) is 3.89. The summed E-state index contributed by atoms with van der Waals surface area (Å²) in [6.45, 7) is 4.78. The van der Waals surface area contributed by atoms with Gasteiger partial charge in [-0.15, -0.1) is 0 Å². The van der Waals surface area contributed by atoms with E-state index in [0.717, 1.165) is 23.7 Å². The minimum absolute atomic E-state index is 0.0196. The lowest BCUT2D eigenvalue weighted by Gasteiger charge is -2.38. The van der Waals surface area contributed by atoms with E-state index < -0.39 is 10.0 Å². The molecule has 3 rings (SSSR count). The maximum absolute atomic E-state index is 12.6. The number of amides is 1. The second-order valence-electron chi connectivity index (χ2n) is 7.78. The van der Waals surface area contributed by atoms with Gasteiger partial charge in [-0.1, -0.05) is 29.8 Å². The van der Waals surface area contributed by atoms with Gasteiger partial charge in [-0.25, -0.2) is 13.1 Å². The molecule has 180 valence electrons. The van der Waals surface area contributed by atoms with Gasteiger partial charge in [0, 0.05) is 56.3 Å². The fraction of sp³-hybridized carbons (Fsp3) is 0.435. The first kappa shape index (κ1) is 25.3. The number of carbonyl (C=O) groups excluding carboxylic acids is 1. The molecule has 1 fully saturated rings. The Balaban J connectivity index is 1.49. The van der Waals surface area contributed by atoms with Gasteiger partial charge in [-0.05, 0) is 30.7 Å². The van der Waals surface area contributed by atoms with Crippen LogP contribution in [0.5, 0.6) is 11.5 Å². The topological polar surface area (TPSA) is 88.2 Å². The Morgan fingerprint density at radius 3 is 2.36 bits per heavy atom. The number of methoxy groups -OCH3 is 2. The van der Waals surface area contributed by atoms with Crippen LogP contribution in [-0.2, 0) is 14.8 Å². The van der Waals surface area contributed by atoms with E-state index in [-0.39, 0.29) is 29.8 Å². The summed E-state index contributed by atoms with van der Waals surface area (Å²) in [7, 11) is -0.857. The highest BCUT2D eigenvalue weighted by Gasteiger charge is 2.26. The lowest BCUT2D eigenvalue weighted by molar-refractivity contribution is -0.133. The molecule has 1 aliphatic heterocycles. The van der Waals surface area contributed by atoms with Crippen LogP contribution in [0.4, 0.5) is 0 Å². The van der Waals surface area contributed by atoms with E-state index in [1.807, 2.05) is 24.3 Å². The monoisotopic (exact) mass is 495 g/mol. The number of halogens is 1. The Kier molecular flexibility index (Phi) is 8.58. The first-order chi connectivity index (χ1) is 15.8. The Hall–Kier alpha value is -2.33. The van der Waals surface area contributed by atoms with Gasteiger partial charge in [0.05, 0.1) is 19.1 Å². The molecule has 0 aliphatic carbocycles. The predicted octanol–water partition coefficient (Wildman–Crippen LogP) is 2.93. The van der Waals surface area contributed by atoms with Gasteiger partial charge in [0.2, 0.25) is 15.9 Å². The zero-order chi connectivity index (χ0) is 24.0. The Bertz CT molecular complexity index is 1070. The van der Waals surface area contributed by atoms with Crippen LogP contribution in [0.2, 0.25) is 5.02 Å². The molecule has 1 saturated heterocycles. The van der Waals surface area contributed by atoms with E-state index in [1.54, 1.807) is 4.90 Å². The molecule has 1 heterocycles. The average molecular weight is 496 g/mol. The maximum atomic E-state index is 12.6. The molecule has 2 aromatic rings. The minimum Gasteiger partial charge on any atom is -0.493 e. The summed E-state index contributed by atoms with van der Waals surface area (Å²) in [5.41, 5.74) is 1.07. The van der Waals surface area contributed by atoms with Crippen LogP contribution in [0.15, 0.2) is 47.4 Å². The zero-order valence-corrected chi connectivity index (χ0v) is 20.7. The Morgan fingerprint density at radius 2 is 1.73 bits per heavy atom. The van der Waals surface area contributed by atoms with Crippen LogP contribution in [0.3, 0.4) is 0 Å². The largest absolute Gasteiger partial charge is 0.493 e. The highest BCUT2D eigenvalue weighted by atomic mass is 35.5. The van der Waals surface area contributed by atoms with Crippen molar-refractivity contribution in [1.82, 2.24) is 14.5 Å². The number of rotatable bonds is 9. The molecule has 1 N–H and O–H groups in total. The summed E-state index contributed by atoms with van der Waals surface area (Å²) in [5.74, 6) is 0.685. The van der Waals surface area contributed by atoms with Crippen LogP contribution in [0.25, 0.3) is 0 Å². The lowest BCUT2D eigenvalue weighted by Crippen LogP contribution is -2.49. The number of hydrogen-bond acceptors (Lipinski definition) is 6. The van der Waals surface area contributed by atoms with E-state index in [1.165, 1.54) is 32.4 Å². The average Bonchev–Trinajstić information content (AvgIpc) is 2.83. The van der Waals surface area contributed by atoms with Crippen LogP contribution >= 0.6 is 11.6 Å². The van der Waals surface area contributed by atoms with Crippen molar-refractivity contribution in [3.05, 3.63) is 53.1 Å². The molecule has 0 saturated carbocycles. The molecule has 1 unspecified atom stereocenters.